The van der Waals surface area contributed by atoms with Crippen molar-refractivity contribution in [3.63, 3.8) is 0 Å². The first kappa shape index (κ1) is 12.4. The molecule has 0 atom stereocenters. The zero-order chi connectivity index (χ0) is 13.0. The Hall–Kier alpha value is -2.02. The van der Waals surface area contributed by atoms with Crippen molar-refractivity contribution in [2.45, 2.75) is 11.9 Å². The molecule has 0 aliphatic heterocycles. The summed E-state index contributed by atoms with van der Waals surface area (Å²) in [6, 6.07) is 6.66. The fourth-order valence-electron chi connectivity index (χ4n) is 1.27. The minimum Gasteiger partial charge on any atom is -0.618 e. The van der Waals surface area contributed by atoms with E-state index in [2.05, 4.69) is 10.5 Å². The molecule has 0 fully saturated rings. The molecule has 6 nitrogen and oxygen atoms in total. The Morgan fingerprint density at radius 1 is 1.61 bits per heavy atom. The van der Waals surface area contributed by atoms with Crippen molar-refractivity contribution in [2.75, 3.05) is 11.1 Å². The van der Waals surface area contributed by atoms with Gasteiger partial charge in [-0.2, -0.15) is 4.73 Å². The zero-order valence-corrected chi connectivity index (χ0v) is 10.4. The predicted octanol–water partition coefficient (Wildman–Crippen LogP) is 1.35. The third kappa shape index (κ3) is 3.24. The summed E-state index contributed by atoms with van der Waals surface area (Å²) in [7, 11) is 0. The van der Waals surface area contributed by atoms with Crippen LogP contribution < -0.4 is 10.0 Å². The summed E-state index contributed by atoms with van der Waals surface area (Å²) >= 11 is 1.16. The molecular weight excluding hydrogens is 254 g/mol. The molecule has 1 amide bonds. The number of amides is 1. The Kier molecular flexibility index (Phi) is 3.83. The van der Waals surface area contributed by atoms with E-state index < -0.39 is 0 Å². The van der Waals surface area contributed by atoms with Crippen molar-refractivity contribution in [1.82, 2.24) is 5.16 Å². The van der Waals surface area contributed by atoms with Crippen molar-refractivity contribution in [1.29, 1.82) is 0 Å². The summed E-state index contributed by atoms with van der Waals surface area (Å²) in [4.78, 5) is 11.6. The van der Waals surface area contributed by atoms with Gasteiger partial charge in [-0.3, -0.25) is 4.79 Å². The number of carbonyl (C=O) groups is 1. The Morgan fingerprint density at radius 3 is 3.11 bits per heavy atom. The normalized spacial score (nSPS) is 10.3. The molecule has 1 N–H and O–H groups in total. The topological polar surface area (TPSA) is 82.1 Å². The van der Waals surface area contributed by atoms with Crippen LogP contribution in [0.1, 0.15) is 5.76 Å². The second-order valence-electron chi connectivity index (χ2n) is 3.52. The van der Waals surface area contributed by atoms with Crippen LogP contribution in [0.25, 0.3) is 0 Å². The summed E-state index contributed by atoms with van der Waals surface area (Å²) < 4.78 is 5.54. The van der Waals surface area contributed by atoms with Crippen LogP contribution in [0.15, 0.2) is 40.0 Å². The number of hydrogen-bond acceptors (Lipinski definition) is 5. The lowest BCUT2D eigenvalue weighted by Gasteiger charge is -2.02. The van der Waals surface area contributed by atoms with E-state index in [0.29, 0.717) is 16.6 Å². The average molecular weight is 265 g/mol. The Morgan fingerprint density at radius 2 is 2.44 bits per heavy atom. The first-order valence-corrected chi connectivity index (χ1v) is 6.18. The molecule has 0 radical (unpaired) electrons. The van der Waals surface area contributed by atoms with Crippen LogP contribution in [0.2, 0.25) is 0 Å². The molecule has 0 saturated heterocycles. The molecule has 2 aromatic heterocycles. The zero-order valence-electron chi connectivity index (χ0n) is 9.62. The van der Waals surface area contributed by atoms with Gasteiger partial charge in [0.1, 0.15) is 5.76 Å². The molecule has 2 rings (SSSR count). The first-order valence-electron chi connectivity index (χ1n) is 5.19. The van der Waals surface area contributed by atoms with Crippen molar-refractivity contribution in [3.8, 4) is 0 Å². The fraction of sp³-hybridized carbons (Fsp3) is 0.182. The van der Waals surface area contributed by atoms with Crippen LogP contribution in [0, 0.1) is 12.1 Å². The van der Waals surface area contributed by atoms with E-state index in [1.54, 1.807) is 31.2 Å². The van der Waals surface area contributed by atoms with E-state index in [-0.39, 0.29) is 11.7 Å². The van der Waals surface area contributed by atoms with Gasteiger partial charge in [0, 0.05) is 18.2 Å². The number of aryl methyl sites for hydroxylation is 1. The van der Waals surface area contributed by atoms with Gasteiger partial charge in [-0.05, 0) is 24.8 Å². The highest BCUT2D eigenvalue weighted by atomic mass is 32.2. The highest BCUT2D eigenvalue weighted by molar-refractivity contribution is 7.99. The Bertz CT molecular complexity index is 556. The molecule has 7 heteroatoms. The Balaban J connectivity index is 1.87. The molecule has 0 saturated carbocycles. The summed E-state index contributed by atoms with van der Waals surface area (Å²) in [6.07, 6.45) is 1.39. The summed E-state index contributed by atoms with van der Waals surface area (Å²) in [5.41, 5.74) is 0. The number of thioether (sulfide) groups is 1. The average Bonchev–Trinajstić information content (AvgIpc) is 2.74. The number of nitrogens with one attached hydrogen (secondary N) is 1. The molecular formula is C11H11N3O3S. The second kappa shape index (κ2) is 5.54. The van der Waals surface area contributed by atoms with Crippen LogP contribution in [0.3, 0.4) is 0 Å². The van der Waals surface area contributed by atoms with Gasteiger partial charge in [-0.15, -0.1) is 0 Å². The van der Waals surface area contributed by atoms with E-state index in [1.165, 1.54) is 6.20 Å². The van der Waals surface area contributed by atoms with Gasteiger partial charge in [-0.1, -0.05) is 5.16 Å². The third-order valence-corrected chi connectivity index (χ3v) is 3.05. The second-order valence-corrected chi connectivity index (χ2v) is 4.52. The monoisotopic (exact) mass is 265 g/mol. The molecule has 2 heterocycles. The summed E-state index contributed by atoms with van der Waals surface area (Å²) in [5, 5.41) is 18.0. The van der Waals surface area contributed by atoms with Gasteiger partial charge >= 0.3 is 0 Å². The molecule has 0 aliphatic rings. The van der Waals surface area contributed by atoms with E-state index in [1.807, 2.05) is 0 Å². The maximum Gasteiger partial charge on any atom is 0.251 e. The van der Waals surface area contributed by atoms with Gasteiger partial charge in [0.15, 0.2) is 12.0 Å². The van der Waals surface area contributed by atoms with Crippen molar-refractivity contribution in [3.05, 3.63) is 41.4 Å². The van der Waals surface area contributed by atoms with Crippen molar-refractivity contribution >= 4 is 23.5 Å². The van der Waals surface area contributed by atoms with Crippen LogP contribution in [-0.2, 0) is 4.79 Å². The molecule has 94 valence electrons. The van der Waals surface area contributed by atoms with Crippen molar-refractivity contribution < 1.29 is 14.0 Å². The fourth-order valence-corrected chi connectivity index (χ4v) is 1.98. The minimum absolute atomic E-state index is 0.137. The third-order valence-electron chi connectivity index (χ3n) is 2.04. The standard InChI is InChI=1S/C11H11N3O3S/c1-8-6-9(13-17-8)12-10(15)7-18-11-4-2-3-5-14(11)16/h2-6H,7H2,1H3,(H,12,13,15). The number of hydrogen-bond donors (Lipinski definition) is 1. The lowest BCUT2D eigenvalue weighted by Crippen LogP contribution is -2.28. The molecule has 0 spiro atoms. The number of pyridine rings is 1. The SMILES string of the molecule is Cc1cc(NC(=O)CSc2cccc[n+]2[O-])no1. The van der Waals surface area contributed by atoms with E-state index in [4.69, 9.17) is 4.52 Å². The van der Waals surface area contributed by atoms with E-state index >= 15 is 0 Å². The molecule has 0 bridgehead atoms. The van der Waals surface area contributed by atoms with Crippen LogP contribution in [0.5, 0.6) is 0 Å². The molecule has 0 aromatic carbocycles. The molecule has 18 heavy (non-hydrogen) atoms. The van der Waals surface area contributed by atoms with Gasteiger partial charge in [-0.25, -0.2) is 0 Å². The number of nitrogens with zero attached hydrogens (tertiary/aromatic N) is 2. The summed E-state index contributed by atoms with van der Waals surface area (Å²) in [5.74, 6) is 0.898. The highest BCUT2D eigenvalue weighted by Gasteiger charge is 2.10. The molecule has 2 aromatic rings. The largest absolute Gasteiger partial charge is 0.618 e. The molecule has 0 aliphatic carbocycles. The first-order chi connectivity index (χ1) is 8.65. The number of rotatable bonds is 4. The van der Waals surface area contributed by atoms with Crippen LogP contribution >= 0.6 is 11.8 Å². The molecule has 0 unspecified atom stereocenters. The smallest absolute Gasteiger partial charge is 0.251 e. The van der Waals surface area contributed by atoms with E-state index in [0.717, 1.165) is 16.5 Å². The minimum atomic E-state index is -0.239. The van der Waals surface area contributed by atoms with Gasteiger partial charge < -0.3 is 15.0 Å². The quantitative estimate of drug-likeness (QED) is 0.512. The Labute approximate surface area is 108 Å². The van der Waals surface area contributed by atoms with Crippen molar-refractivity contribution in [2.24, 2.45) is 0 Å². The van der Waals surface area contributed by atoms with Gasteiger partial charge in [0.2, 0.25) is 5.91 Å². The number of anilines is 1. The lowest BCUT2D eigenvalue weighted by atomic mass is 10.5. The van der Waals surface area contributed by atoms with Gasteiger partial charge in [0.25, 0.3) is 5.03 Å². The predicted molar refractivity (Wildman–Crippen MR) is 66.0 cm³/mol. The van der Waals surface area contributed by atoms with Gasteiger partial charge in [0.05, 0.1) is 5.75 Å². The van der Waals surface area contributed by atoms with Crippen LogP contribution in [-0.4, -0.2) is 16.8 Å². The summed E-state index contributed by atoms with van der Waals surface area (Å²) in [6.45, 7) is 1.74. The van der Waals surface area contributed by atoms with E-state index in [9.17, 15) is 10.0 Å². The maximum atomic E-state index is 11.6. The number of aromatic nitrogens is 2. The van der Waals surface area contributed by atoms with Crippen LogP contribution in [0.4, 0.5) is 5.82 Å². The number of carbonyl (C=O) groups excluding carboxylic acids is 1. The maximum absolute atomic E-state index is 11.6. The lowest BCUT2D eigenvalue weighted by molar-refractivity contribution is -0.645. The highest BCUT2D eigenvalue weighted by Crippen LogP contribution is 2.13.